The maximum atomic E-state index is 12.5. The summed E-state index contributed by atoms with van der Waals surface area (Å²) >= 11 is 0. The van der Waals surface area contributed by atoms with E-state index in [-0.39, 0.29) is 19.1 Å². The normalized spacial score (nSPS) is 19.7. The third-order valence-corrected chi connectivity index (χ3v) is 4.75. The lowest BCUT2D eigenvalue weighted by atomic mass is 9.93. The Morgan fingerprint density at radius 2 is 1.88 bits per heavy atom. The Labute approximate surface area is 151 Å². The van der Waals surface area contributed by atoms with Crippen LogP contribution < -0.4 is 4.74 Å². The van der Waals surface area contributed by atoms with Gasteiger partial charge in [-0.2, -0.15) is 0 Å². The SMILES string of the molecule is O=C(COc1ncnc2ccccc12)N1CCC(O)(c2ccccc2)C1. The van der Waals surface area contributed by atoms with Crippen molar-refractivity contribution in [3.05, 3.63) is 66.5 Å². The van der Waals surface area contributed by atoms with E-state index in [4.69, 9.17) is 4.74 Å². The summed E-state index contributed by atoms with van der Waals surface area (Å²) in [6.45, 7) is 0.647. The summed E-state index contributed by atoms with van der Waals surface area (Å²) in [5.74, 6) is 0.223. The molecule has 6 heteroatoms. The molecule has 1 aromatic heterocycles. The lowest BCUT2D eigenvalue weighted by Crippen LogP contribution is -2.37. The van der Waals surface area contributed by atoms with Crippen LogP contribution in [0.5, 0.6) is 5.88 Å². The first-order valence-corrected chi connectivity index (χ1v) is 8.54. The van der Waals surface area contributed by atoms with E-state index < -0.39 is 5.60 Å². The van der Waals surface area contributed by atoms with Crippen molar-refractivity contribution in [2.45, 2.75) is 12.0 Å². The van der Waals surface area contributed by atoms with Crippen LogP contribution in [-0.4, -0.2) is 45.6 Å². The molecule has 1 aliphatic rings. The van der Waals surface area contributed by atoms with E-state index in [2.05, 4.69) is 9.97 Å². The molecule has 26 heavy (non-hydrogen) atoms. The van der Waals surface area contributed by atoms with Crippen LogP contribution in [0.15, 0.2) is 60.9 Å². The van der Waals surface area contributed by atoms with Gasteiger partial charge >= 0.3 is 0 Å². The molecule has 2 aromatic carbocycles. The van der Waals surface area contributed by atoms with Crippen molar-refractivity contribution in [2.24, 2.45) is 0 Å². The smallest absolute Gasteiger partial charge is 0.260 e. The first kappa shape index (κ1) is 16.5. The molecular formula is C20H19N3O3. The summed E-state index contributed by atoms with van der Waals surface area (Å²) in [7, 11) is 0. The number of rotatable bonds is 4. The second-order valence-corrected chi connectivity index (χ2v) is 6.45. The number of benzene rings is 2. The predicted molar refractivity (Wildman–Crippen MR) is 96.6 cm³/mol. The van der Waals surface area contributed by atoms with E-state index in [1.165, 1.54) is 6.33 Å². The van der Waals surface area contributed by atoms with Gasteiger partial charge in [-0.1, -0.05) is 42.5 Å². The van der Waals surface area contributed by atoms with Crippen molar-refractivity contribution < 1.29 is 14.6 Å². The Morgan fingerprint density at radius 1 is 1.12 bits per heavy atom. The number of hydrogen-bond donors (Lipinski definition) is 1. The van der Waals surface area contributed by atoms with Gasteiger partial charge in [0.2, 0.25) is 5.88 Å². The zero-order chi connectivity index (χ0) is 18.0. The highest BCUT2D eigenvalue weighted by molar-refractivity contribution is 5.84. The number of nitrogens with zero attached hydrogens (tertiary/aromatic N) is 3. The molecule has 1 amide bonds. The van der Waals surface area contributed by atoms with E-state index in [1.54, 1.807) is 4.90 Å². The van der Waals surface area contributed by atoms with Gasteiger partial charge in [-0.25, -0.2) is 9.97 Å². The highest BCUT2D eigenvalue weighted by Crippen LogP contribution is 2.31. The molecule has 0 aliphatic carbocycles. The summed E-state index contributed by atoms with van der Waals surface area (Å²) in [5.41, 5.74) is 0.598. The molecule has 3 aromatic rings. The minimum atomic E-state index is -1.00. The highest BCUT2D eigenvalue weighted by Gasteiger charge is 2.39. The number of carbonyl (C=O) groups is 1. The molecule has 4 rings (SSSR count). The topological polar surface area (TPSA) is 75.5 Å². The third kappa shape index (κ3) is 3.11. The van der Waals surface area contributed by atoms with Crippen LogP contribution in [0.3, 0.4) is 0 Å². The summed E-state index contributed by atoms with van der Waals surface area (Å²) < 4.78 is 5.64. The van der Waals surface area contributed by atoms with Crippen LogP contribution in [0.2, 0.25) is 0 Å². The standard InChI is InChI=1S/C20H19N3O3/c24-18(12-26-19-16-8-4-5-9-17(16)21-14-22-19)23-11-10-20(25,13-23)15-6-2-1-3-7-15/h1-9,14,25H,10-13H2. The molecule has 1 fully saturated rings. The zero-order valence-electron chi connectivity index (χ0n) is 14.2. The third-order valence-electron chi connectivity index (χ3n) is 4.75. The number of aromatic nitrogens is 2. The molecule has 1 saturated heterocycles. The maximum Gasteiger partial charge on any atom is 0.260 e. The summed E-state index contributed by atoms with van der Waals surface area (Å²) in [6.07, 6.45) is 1.94. The van der Waals surface area contributed by atoms with Gasteiger partial charge in [0.25, 0.3) is 5.91 Å². The van der Waals surface area contributed by atoms with Crippen LogP contribution in [0.1, 0.15) is 12.0 Å². The zero-order valence-corrected chi connectivity index (χ0v) is 14.2. The van der Waals surface area contributed by atoms with Crippen molar-refractivity contribution in [3.63, 3.8) is 0 Å². The van der Waals surface area contributed by atoms with Crippen LogP contribution in [0, 0.1) is 0 Å². The van der Waals surface area contributed by atoms with Gasteiger partial charge in [0.15, 0.2) is 6.61 Å². The average molecular weight is 349 g/mol. The van der Waals surface area contributed by atoms with E-state index in [0.29, 0.717) is 18.8 Å². The molecule has 6 nitrogen and oxygen atoms in total. The first-order chi connectivity index (χ1) is 12.7. The number of ether oxygens (including phenoxy) is 1. The Balaban J connectivity index is 1.43. The number of para-hydroxylation sites is 1. The first-order valence-electron chi connectivity index (χ1n) is 8.54. The average Bonchev–Trinajstić information content (AvgIpc) is 3.10. The summed E-state index contributed by atoms with van der Waals surface area (Å²) in [4.78, 5) is 22.5. The van der Waals surface area contributed by atoms with E-state index in [0.717, 1.165) is 16.5 Å². The lowest BCUT2D eigenvalue weighted by Gasteiger charge is -2.24. The summed E-state index contributed by atoms with van der Waals surface area (Å²) in [5, 5.41) is 11.6. The minimum Gasteiger partial charge on any atom is -0.467 e. The van der Waals surface area contributed by atoms with Crippen molar-refractivity contribution in [1.29, 1.82) is 0 Å². The number of hydrogen-bond acceptors (Lipinski definition) is 5. The van der Waals surface area contributed by atoms with Crippen LogP contribution in [-0.2, 0) is 10.4 Å². The van der Waals surface area contributed by atoms with Crippen molar-refractivity contribution in [3.8, 4) is 5.88 Å². The Bertz CT molecular complexity index is 926. The number of carbonyl (C=O) groups excluding carboxylic acids is 1. The van der Waals surface area contributed by atoms with Crippen LogP contribution in [0.4, 0.5) is 0 Å². The highest BCUT2D eigenvalue weighted by atomic mass is 16.5. The molecule has 0 spiro atoms. The van der Waals surface area contributed by atoms with E-state index in [1.807, 2.05) is 54.6 Å². The van der Waals surface area contributed by atoms with E-state index >= 15 is 0 Å². The summed E-state index contributed by atoms with van der Waals surface area (Å²) in [6, 6.07) is 17.0. The molecule has 0 saturated carbocycles. The Hall–Kier alpha value is -2.99. The molecule has 1 N–H and O–H groups in total. The largest absolute Gasteiger partial charge is 0.467 e. The van der Waals surface area contributed by atoms with E-state index in [9.17, 15) is 9.90 Å². The molecule has 132 valence electrons. The van der Waals surface area contributed by atoms with Gasteiger partial charge in [0.05, 0.1) is 17.4 Å². The minimum absolute atomic E-state index is 0.119. The predicted octanol–water partition coefficient (Wildman–Crippen LogP) is 2.13. The van der Waals surface area contributed by atoms with Gasteiger partial charge in [-0.05, 0) is 24.1 Å². The van der Waals surface area contributed by atoms with Gasteiger partial charge in [-0.3, -0.25) is 4.79 Å². The number of β-amino-alcohol motifs (C(OH)–C–C–N with tert-alkyl or cyclic N) is 1. The van der Waals surface area contributed by atoms with Gasteiger partial charge in [0.1, 0.15) is 11.9 Å². The fraction of sp³-hybridized carbons (Fsp3) is 0.250. The van der Waals surface area contributed by atoms with Crippen molar-refractivity contribution in [2.75, 3.05) is 19.7 Å². The lowest BCUT2D eigenvalue weighted by molar-refractivity contribution is -0.133. The molecule has 1 unspecified atom stereocenters. The molecule has 0 radical (unpaired) electrons. The molecular weight excluding hydrogens is 330 g/mol. The van der Waals surface area contributed by atoms with Crippen molar-refractivity contribution in [1.82, 2.24) is 14.9 Å². The quantitative estimate of drug-likeness (QED) is 0.781. The van der Waals surface area contributed by atoms with Crippen LogP contribution in [0.25, 0.3) is 10.9 Å². The number of amides is 1. The van der Waals surface area contributed by atoms with Crippen molar-refractivity contribution >= 4 is 16.8 Å². The number of aliphatic hydroxyl groups is 1. The molecule has 2 heterocycles. The fourth-order valence-electron chi connectivity index (χ4n) is 3.31. The second kappa shape index (κ2) is 6.72. The number of likely N-dealkylation sites (tertiary alicyclic amines) is 1. The monoisotopic (exact) mass is 349 g/mol. The maximum absolute atomic E-state index is 12.5. The fourth-order valence-corrected chi connectivity index (χ4v) is 3.31. The van der Waals surface area contributed by atoms with Gasteiger partial charge < -0.3 is 14.7 Å². The molecule has 1 atom stereocenters. The molecule has 1 aliphatic heterocycles. The van der Waals surface area contributed by atoms with Crippen LogP contribution >= 0.6 is 0 Å². The Kier molecular flexibility index (Phi) is 4.26. The van der Waals surface area contributed by atoms with Gasteiger partial charge in [0, 0.05) is 6.54 Å². The molecule has 0 bridgehead atoms. The number of fused-ring (bicyclic) bond motifs is 1. The van der Waals surface area contributed by atoms with Gasteiger partial charge in [-0.15, -0.1) is 0 Å². The Morgan fingerprint density at radius 3 is 2.73 bits per heavy atom. The second-order valence-electron chi connectivity index (χ2n) is 6.45.